The van der Waals surface area contributed by atoms with Gasteiger partial charge in [-0.1, -0.05) is 6.07 Å². The lowest BCUT2D eigenvalue weighted by molar-refractivity contribution is -0.274. The van der Waals surface area contributed by atoms with E-state index < -0.39 is 30.7 Å². The van der Waals surface area contributed by atoms with Crippen LogP contribution in [0.25, 0.3) is 11.4 Å². The molecule has 4 rings (SSSR count). The van der Waals surface area contributed by atoms with E-state index in [1.54, 1.807) is 5.32 Å². The standard InChI is InChI=1S/C20H19F3N8O3/c1-24-19(33)15-13(8-14(28-29-15)27-18(32)10-6-7-10)26-12-5-3-4-11(16(12)34-20(21,22)23)17-25-9-31(2)30-17/h3-5,8-10H,6-7H2,1-2H3,(H,24,33)(H2,26,27,28,32)/i1D3. The number of carbonyl (C=O) groups excluding carboxylic acids is 2. The molecule has 0 unspecified atom stereocenters. The van der Waals surface area contributed by atoms with Gasteiger partial charge in [0, 0.05) is 30.1 Å². The summed E-state index contributed by atoms with van der Waals surface area (Å²) in [5, 5.41) is 18.3. The average Bonchev–Trinajstić information content (AvgIpc) is 3.54. The molecule has 1 fully saturated rings. The molecule has 1 aliphatic carbocycles. The molecule has 0 aliphatic heterocycles. The van der Waals surface area contributed by atoms with Crippen LogP contribution in [-0.4, -0.2) is 50.1 Å². The first-order valence-electron chi connectivity index (χ1n) is 11.3. The minimum atomic E-state index is -5.11. The number of aryl methyl sites for hydroxylation is 1. The lowest BCUT2D eigenvalue weighted by Crippen LogP contribution is -2.23. The van der Waals surface area contributed by atoms with Gasteiger partial charge in [0.15, 0.2) is 23.1 Å². The van der Waals surface area contributed by atoms with Gasteiger partial charge in [-0.2, -0.15) is 5.10 Å². The second kappa shape index (κ2) is 8.96. The van der Waals surface area contributed by atoms with Crippen molar-refractivity contribution >= 4 is 29.0 Å². The smallest absolute Gasteiger partial charge is 0.403 e. The van der Waals surface area contributed by atoms with Crippen molar-refractivity contribution in [3.8, 4) is 17.1 Å². The van der Waals surface area contributed by atoms with Gasteiger partial charge >= 0.3 is 6.36 Å². The largest absolute Gasteiger partial charge is 0.573 e. The van der Waals surface area contributed by atoms with E-state index in [0.717, 1.165) is 6.07 Å². The Hall–Kier alpha value is -4.23. The van der Waals surface area contributed by atoms with Gasteiger partial charge in [-0.05, 0) is 25.0 Å². The van der Waals surface area contributed by atoms with Gasteiger partial charge in [0.2, 0.25) is 5.91 Å². The predicted molar refractivity (Wildman–Crippen MR) is 113 cm³/mol. The lowest BCUT2D eigenvalue weighted by atomic mass is 10.1. The minimum absolute atomic E-state index is 0.0731. The number of benzene rings is 1. The number of hydrogen-bond acceptors (Lipinski definition) is 8. The van der Waals surface area contributed by atoms with Gasteiger partial charge in [-0.15, -0.1) is 23.4 Å². The Morgan fingerprint density at radius 1 is 1.24 bits per heavy atom. The van der Waals surface area contributed by atoms with Crippen molar-refractivity contribution in [1.82, 2.24) is 30.3 Å². The fourth-order valence-corrected chi connectivity index (χ4v) is 2.99. The SMILES string of the molecule is [2H]C([2H])([2H])NC(=O)c1nnc(NC(=O)C2CC2)cc1Nc1cccc(-c2ncn(C)n2)c1OC(F)(F)F. The monoisotopic (exact) mass is 479 g/mol. The molecule has 1 aliphatic rings. The Morgan fingerprint density at radius 2 is 2.03 bits per heavy atom. The maximum absolute atomic E-state index is 13.4. The van der Waals surface area contributed by atoms with Crippen LogP contribution in [-0.2, 0) is 11.8 Å². The minimum Gasteiger partial charge on any atom is -0.403 e. The molecular formula is C20H19F3N8O3. The molecule has 1 saturated carbocycles. The number of para-hydroxylation sites is 1. The lowest BCUT2D eigenvalue weighted by Gasteiger charge is -2.18. The molecule has 0 spiro atoms. The molecule has 2 aromatic heterocycles. The first-order chi connectivity index (χ1) is 17.3. The van der Waals surface area contributed by atoms with Crippen LogP contribution in [0.1, 0.15) is 27.4 Å². The molecule has 3 aromatic rings. The highest BCUT2D eigenvalue weighted by Crippen LogP contribution is 2.40. The summed E-state index contributed by atoms with van der Waals surface area (Å²) >= 11 is 0. The van der Waals surface area contributed by atoms with Crippen LogP contribution in [0.2, 0.25) is 0 Å². The molecule has 0 radical (unpaired) electrons. The zero-order valence-corrected chi connectivity index (χ0v) is 17.5. The van der Waals surface area contributed by atoms with Crippen molar-refractivity contribution < 1.29 is 31.6 Å². The maximum Gasteiger partial charge on any atom is 0.573 e. The van der Waals surface area contributed by atoms with Crippen LogP contribution in [0.3, 0.4) is 0 Å². The van der Waals surface area contributed by atoms with Gasteiger partial charge in [-0.3, -0.25) is 14.3 Å². The molecule has 3 N–H and O–H groups in total. The zero-order valence-electron chi connectivity index (χ0n) is 20.5. The highest BCUT2D eigenvalue weighted by atomic mass is 19.4. The number of nitrogens with one attached hydrogen (secondary N) is 3. The Kier molecular flexibility index (Phi) is 5.07. The summed E-state index contributed by atoms with van der Waals surface area (Å²) in [6.45, 7) is -2.88. The molecule has 14 heteroatoms. The number of rotatable bonds is 7. The Balaban J connectivity index is 1.78. The van der Waals surface area contributed by atoms with Gasteiger partial charge < -0.3 is 20.7 Å². The molecule has 2 heterocycles. The molecule has 1 aromatic carbocycles. The van der Waals surface area contributed by atoms with Crippen molar-refractivity contribution in [2.75, 3.05) is 17.6 Å². The molecule has 2 amide bonds. The van der Waals surface area contributed by atoms with Crippen molar-refractivity contribution in [2.45, 2.75) is 19.2 Å². The fourth-order valence-electron chi connectivity index (χ4n) is 2.99. The third-order valence-electron chi connectivity index (χ3n) is 4.66. The quantitative estimate of drug-likeness (QED) is 0.471. The first kappa shape index (κ1) is 19.3. The van der Waals surface area contributed by atoms with E-state index in [0.29, 0.717) is 12.8 Å². The Labute approximate surface area is 194 Å². The van der Waals surface area contributed by atoms with Crippen molar-refractivity contribution in [2.24, 2.45) is 13.0 Å². The Morgan fingerprint density at radius 3 is 2.68 bits per heavy atom. The summed E-state index contributed by atoms with van der Waals surface area (Å²) in [6, 6.07) is 5.06. The number of aromatic nitrogens is 5. The summed E-state index contributed by atoms with van der Waals surface area (Å²) in [5.41, 5.74) is -1.21. The van der Waals surface area contributed by atoms with Crippen LogP contribution < -0.4 is 20.7 Å². The third kappa shape index (κ3) is 5.22. The fraction of sp³-hybridized carbons (Fsp3) is 0.300. The van der Waals surface area contributed by atoms with E-state index in [9.17, 15) is 22.8 Å². The molecule has 0 saturated heterocycles. The number of ether oxygens (including phenoxy) is 1. The van der Waals surface area contributed by atoms with Crippen LogP contribution in [0.4, 0.5) is 30.4 Å². The van der Waals surface area contributed by atoms with Crippen LogP contribution in [0.15, 0.2) is 30.6 Å². The normalized spacial score (nSPS) is 15.0. The van der Waals surface area contributed by atoms with Crippen molar-refractivity contribution in [3.05, 3.63) is 36.3 Å². The number of hydrogen-bond donors (Lipinski definition) is 3. The van der Waals surface area contributed by atoms with E-state index in [1.807, 2.05) is 0 Å². The number of alkyl halides is 3. The third-order valence-corrected chi connectivity index (χ3v) is 4.66. The first-order valence-corrected chi connectivity index (χ1v) is 9.82. The molecular weight excluding hydrogens is 457 g/mol. The van der Waals surface area contributed by atoms with Crippen molar-refractivity contribution in [3.63, 3.8) is 0 Å². The number of halogens is 3. The second-order valence-corrected chi connectivity index (χ2v) is 7.31. The highest BCUT2D eigenvalue weighted by molar-refractivity contribution is 6.00. The molecule has 11 nitrogen and oxygen atoms in total. The van der Waals surface area contributed by atoms with Gasteiger partial charge in [0.05, 0.1) is 16.9 Å². The topological polar surface area (TPSA) is 136 Å². The summed E-state index contributed by atoms with van der Waals surface area (Å²) in [5.74, 6) is -2.63. The van der Waals surface area contributed by atoms with Gasteiger partial charge in [0.1, 0.15) is 6.33 Å². The van der Waals surface area contributed by atoms with E-state index in [4.69, 9.17) is 4.11 Å². The second-order valence-electron chi connectivity index (χ2n) is 7.31. The molecule has 0 bridgehead atoms. The average molecular weight is 479 g/mol. The number of amides is 2. The van der Waals surface area contributed by atoms with Crippen LogP contribution in [0.5, 0.6) is 5.75 Å². The molecule has 0 atom stereocenters. The summed E-state index contributed by atoms with van der Waals surface area (Å²) in [4.78, 5) is 28.7. The summed E-state index contributed by atoms with van der Waals surface area (Å²) in [6.07, 6.45) is -2.44. The molecule has 34 heavy (non-hydrogen) atoms. The predicted octanol–water partition coefficient (Wildman–Crippen LogP) is 2.62. The van der Waals surface area contributed by atoms with E-state index >= 15 is 0 Å². The van der Waals surface area contributed by atoms with Gasteiger partial charge in [0.25, 0.3) is 5.91 Å². The van der Waals surface area contributed by atoms with Crippen molar-refractivity contribution in [1.29, 1.82) is 0 Å². The zero-order chi connectivity index (χ0) is 27.0. The number of carbonyl (C=O) groups is 2. The maximum atomic E-state index is 13.4. The summed E-state index contributed by atoms with van der Waals surface area (Å²) in [7, 11) is 1.53. The van der Waals surface area contributed by atoms with Crippen LogP contribution in [0, 0.1) is 5.92 Å². The summed E-state index contributed by atoms with van der Waals surface area (Å²) < 4.78 is 67.4. The Bertz CT molecular complexity index is 1340. The molecule has 178 valence electrons. The number of nitrogens with zero attached hydrogens (tertiary/aromatic N) is 5. The van der Waals surface area contributed by atoms with Gasteiger partial charge in [-0.25, -0.2) is 4.98 Å². The van der Waals surface area contributed by atoms with E-state index in [-0.39, 0.29) is 40.4 Å². The van der Waals surface area contributed by atoms with E-state index in [2.05, 4.69) is 35.7 Å². The highest BCUT2D eigenvalue weighted by Gasteiger charge is 2.34. The number of anilines is 3. The van der Waals surface area contributed by atoms with E-state index in [1.165, 1.54) is 36.3 Å². The van der Waals surface area contributed by atoms with Crippen LogP contribution >= 0.6 is 0 Å².